The molecule has 0 aromatic heterocycles. The van der Waals surface area contributed by atoms with Crippen molar-refractivity contribution >= 4 is 5.97 Å². The first-order valence-electron chi connectivity index (χ1n) is 5.69. The summed E-state index contributed by atoms with van der Waals surface area (Å²) in [6.45, 7) is 5.37. The van der Waals surface area contributed by atoms with Crippen molar-refractivity contribution in [1.29, 1.82) is 0 Å². The molecule has 0 bridgehead atoms. The van der Waals surface area contributed by atoms with Crippen molar-refractivity contribution in [2.45, 2.75) is 26.9 Å². The molecule has 0 aliphatic heterocycles. The van der Waals surface area contributed by atoms with Crippen LogP contribution in [-0.4, -0.2) is 13.1 Å². The molecular weight excluding hydrogens is 228 g/mol. The molecule has 3 heteroatoms. The number of benzene rings is 1. The van der Waals surface area contributed by atoms with Gasteiger partial charge in [0, 0.05) is 5.56 Å². The van der Waals surface area contributed by atoms with Crippen LogP contribution in [0.4, 0.5) is 0 Å². The van der Waals surface area contributed by atoms with Crippen molar-refractivity contribution in [3.05, 3.63) is 29.8 Å². The fourth-order valence-electron chi connectivity index (χ4n) is 1.26. The summed E-state index contributed by atoms with van der Waals surface area (Å²) in [6, 6.07) is 7.15. The van der Waals surface area contributed by atoms with E-state index >= 15 is 0 Å². The van der Waals surface area contributed by atoms with Gasteiger partial charge in [0.15, 0.2) is 6.10 Å². The average molecular weight is 246 g/mol. The lowest BCUT2D eigenvalue weighted by Crippen LogP contribution is -2.24. The third-order valence-corrected chi connectivity index (χ3v) is 2.41. The zero-order valence-corrected chi connectivity index (χ0v) is 11.2. The molecule has 0 amide bonds. The Balaban J connectivity index is 2.84. The van der Waals surface area contributed by atoms with Crippen LogP contribution >= 0.6 is 0 Å². The smallest absolute Gasteiger partial charge is 0.312 e. The maximum atomic E-state index is 11.8. The SMILES string of the molecule is C#CC(OC(=O)C(C)(C)C)c1ccc(OC)cc1. The minimum atomic E-state index is -0.664. The largest absolute Gasteiger partial charge is 0.497 e. The lowest BCUT2D eigenvalue weighted by Gasteiger charge is -2.20. The van der Waals surface area contributed by atoms with E-state index in [0.29, 0.717) is 0 Å². The van der Waals surface area contributed by atoms with Gasteiger partial charge in [0.1, 0.15) is 5.75 Å². The molecule has 0 fully saturated rings. The topological polar surface area (TPSA) is 35.5 Å². The van der Waals surface area contributed by atoms with Gasteiger partial charge in [-0.1, -0.05) is 18.1 Å². The molecule has 18 heavy (non-hydrogen) atoms. The third kappa shape index (κ3) is 3.53. The molecule has 0 N–H and O–H groups in total. The lowest BCUT2D eigenvalue weighted by molar-refractivity contribution is -0.156. The standard InChI is InChI=1S/C15H18O3/c1-6-13(18-14(16)15(2,3)4)11-7-9-12(17-5)10-8-11/h1,7-10,13H,2-5H3. The Labute approximate surface area is 108 Å². The highest BCUT2D eigenvalue weighted by Gasteiger charge is 2.26. The van der Waals surface area contributed by atoms with Crippen molar-refractivity contribution in [1.82, 2.24) is 0 Å². The minimum Gasteiger partial charge on any atom is -0.497 e. The number of esters is 1. The van der Waals surface area contributed by atoms with Crippen LogP contribution in [0.5, 0.6) is 5.75 Å². The van der Waals surface area contributed by atoms with E-state index in [0.717, 1.165) is 11.3 Å². The fraction of sp³-hybridized carbons (Fsp3) is 0.400. The fourth-order valence-corrected chi connectivity index (χ4v) is 1.26. The van der Waals surface area contributed by atoms with E-state index in [-0.39, 0.29) is 5.97 Å². The normalized spacial score (nSPS) is 12.4. The van der Waals surface area contributed by atoms with E-state index in [1.807, 2.05) is 0 Å². The monoisotopic (exact) mass is 246 g/mol. The number of carbonyl (C=O) groups excluding carboxylic acids is 1. The van der Waals surface area contributed by atoms with Gasteiger partial charge in [0.2, 0.25) is 0 Å². The Morgan fingerprint density at radius 2 is 1.83 bits per heavy atom. The molecule has 1 aromatic carbocycles. The first kappa shape index (κ1) is 14.1. The van der Waals surface area contributed by atoms with Gasteiger partial charge in [-0.3, -0.25) is 4.79 Å². The van der Waals surface area contributed by atoms with Crippen molar-refractivity contribution in [3.8, 4) is 18.1 Å². The number of rotatable bonds is 3. The van der Waals surface area contributed by atoms with Crippen molar-refractivity contribution in [3.63, 3.8) is 0 Å². The van der Waals surface area contributed by atoms with Crippen LogP contribution in [0.25, 0.3) is 0 Å². The number of terminal acetylenes is 1. The van der Waals surface area contributed by atoms with Gasteiger partial charge in [-0.15, -0.1) is 6.42 Å². The Bertz CT molecular complexity index is 446. The quantitative estimate of drug-likeness (QED) is 0.607. The molecule has 0 heterocycles. The molecule has 0 aliphatic carbocycles. The van der Waals surface area contributed by atoms with Gasteiger partial charge in [0.05, 0.1) is 12.5 Å². The molecule has 96 valence electrons. The maximum Gasteiger partial charge on any atom is 0.312 e. The molecule has 0 spiro atoms. The van der Waals surface area contributed by atoms with E-state index in [2.05, 4.69) is 5.92 Å². The zero-order valence-electron chi connectivity index (χ0n) is 11.2. The van der Waals surface area contributed by atoms with Gasteiger partial charge in [0.25, 0.3) is 0 Å². The summed E-state index contributed by atoms with van der Waals surface area (Å²) in [5.74, 6) is 2.89. The van der Waals surface area contributed by atoms with Gasteiger partial charge < -0.3 is 9.47 Å². The predicted molar refractivity (Wildman–Crippen MR) is 70.1 cm³/mol. The molecule has 0 saturated heterocycles. The van der Waals surface area contributed by atoms with Crippen LogP contribution in [0.1, 0.15) is 32.4 Å². The second-order valence-corrected chi connectivity index (χ2v) is 4.98. The highest BCUT2D eigenvalue weighted by molar-refractivity contribution is 5.75. The first-order chi connectivity index (χ1) is 8.38. The van der Waals surface area contributed by atoms with Gasteiger partial charge >= 0.3 is 5.97 Å². The number of hydrogen-bond donors (Lipinski definition) is 0. The second-order valence-electron chi connectivity index (χ2n) is 4.98. The molecule has 0 radical (unpaired) electrons. The molecule has 1 atom stereocenters. The molecule has 1 rings (SSSR count). The van der Waals surface area contributed by atoms with Gasteiger partial charge in [-0.2, -0.15) is 0 Å². The highest BCUT2D eigenvalue weighted by atomic mass is 16.5. The molecule has 0 aliphatic rings. The summed E-state index contributed by atoms with van der Waals surface area (Å²) in [6.07, 6.45) is 4.74. The van der Waals surface area contributed by atoms with E-state index in [4.69, 9.17) is 15.9 Å². The van der Waals surface area contributed by atoms with Crippen molar-refractivity contribution < 1.29 is 14.3 Å². The molecule has 3 nitrogen and oxygen atoms in total. The molecule has 0 saturated carbocycles. The van der Waals surface area contributed by atoms with E-state index in [1.165, 1.54) is 0 Å². The summed E-state index contributed by atoms with van der Waals surface area (Å²) >= 11 is 0. The Hall–Kier alpha value is -1.95. The van der Waals surface area contributed by atoms with Crippen LogP contribution in [0.2, 0.25) is 0 Å². The summed E-state index contributed by atoms with van der Waals surface area (Å²) in [5.41, 5.74) is 0.192. The average Bonchev–Trinajstić information content (AvgIpc) is 2.34. The van der Waals surface area contributed by atoms with Crippen LogP contribution in [0.3, 0.4) is 0 Å². The van der Waals surface area contributed by atoms with Crippen molar-refractivity contribution in [2.75, 3.05) is 7.11 Å². The Morgan fingerprint density at radius 1 is 1.28 bits per heavy atom. The van der Waals surface area contributed by atoms with E-state index < -0.39 is 11.5 Å². The minimum absolute atomic E-state index is 0.318. The Kier molecular flexibility index (Phi) is 4.38. The molecule has 1 unspecified atom stereocenters. The predicted octanol–water partition coefficient (Wildman–Crippen LogP) is 2.96. The van der Waals surface area contributed by atoms with Crippen LogP contribution < -0.4 is 4.74 Å². The lowest BCUT2D eigenvalue weighted by atomic mass is 9.97. The van der Waals surface area contributed by atoms with Crippen LogP contribution in [-0.2, 0) is 9.53 Å². The number of methoxy groups -OCH3 is 1. The van der Waals surface area contributed by atoms with Crippen LogP contribution in [0, 0.1) is 17.8 Å². The number of hydrogen-bond acceptors (Lipinski definition) is 3. The number of carbonyl (C=O) groups is 1. The van der Waals surface area contributed by atoms with E-state index in [1.54, 1.807) is 52.1 Å². The van der Waals surface area contributed by atoms with Crippen LogP contribution in [0.15, 0.2) is 24.3 Å². The number of ether oxygens (including phenoxy) is 2. The molecule has 1 aromatic rings. The Morgan fingerprint density at radius 3 is 2.22 bits per heavy atom. The second kappa shape index (κ2) is 5.59. The van der Waals surface area contributed by atoms with Gasteiger partial charge in [-0.25, -0.2) is 0 Å². The summed E-state index contributed by atoms with van der Waals surface area (Å²) < 4.78 is 10.4. The summed E-state index contributed by atoms with van der Waals surface area (Å²) in [5, 5.41) is 0. The molecular formula is C15H18O3. The zero-order chi connectivity index (χ0) is 13.8. The summed E-state index contributed by atoms with van der Waals surface area (Å²) in [4.78, 5) is 11.8. The first-order valence-corrected chi connectivity index (χ1v) is 5.69. The maximum absolute atomic E-state index is 11.8. The summed E-state index contributed by atoms with van der Waals surface area (Å²) in [7, 11) is 1.59. The highest BCUT2D eigenvalue weighted by Crippen LogP contribution is 2.24. The van der Waals surface area contributed by atoms with Gasteiger partial charge in [-0.05, 0) is 32.9 Å². The van der Waals surface area contributed by atoms with E-state index in [9.17, 15) is 4.79 Å². The van der Waals surface area contributed by atoms with Crippen molar-refractivity contribution in [2.24, 2.45) is 5.41 Å². The third-order valence-electron chi connectivity index (χ3n) is 2.41.